The molecule has 25 heavy (non-hydrogen) atoms. The molecule has 1 heterocycles. The fourth-order valence-electron chi connectivity index (χ4n) is 2.32. The summed E-state index contributed by atoms with van der Waals surface area (Å²) >= 11 is 0. The third-order valence-corrected chi connectivity index (χ3v) is 3.60. The molecular weight excluding hydrogens is 328 g/mol. The van der Waals surface area contributed by atoms with Crippen molar-refractivity contribution in [3.8, 4) is 5.75 Å². The lowest BCUT2D eigenvalue weighted by Crippen LogP contribution is -2.34. The molecule has 0 saturated carbocycles. The lowest BCUT2D eigenvalue weighted by molar-refractivity contribution is -0.141. The third-order valence-electron chi connectivity index (χ3n) is 3.60. The van der Waals surface area contributed by atoms with E-state index in [1.165, 1.54) is 20.3 Å². The highest BCUT2D eigenvalue weighted by molar-refractivity contribution is 5.92. The fraction of sp³-hybridized carbons (Fsp3) is 0.353. The molecule has 0 saturated heterocycles. The van der Waals surface area contributed by atoms with Gasteiger partial charge in [0.05, 0.1) is 13.0 Å². The summed E-state index contributed by atoms with van der Waals surface area (Å²) in [5.74, 6) is -1.29. The Morgan fingerprint density at radius 1 is 1.32 bits per heavy atom. The predicted octanol–water partition coefficient (Wildman–Crippen LogP) is 1.50. The van der Waals surface area contributed by atoms with Crippen LogP contribution in [0, 0.1) is 5.92 Å². The summed E-state index contributed by atoms with van der Waals surface area (Å²) in [6, 6.07) is 8.63. The first-order valence-corrected chi connectivity index (χ1v) is 7.62. The number of carboxylic acids is 1. The number of carboxylic acid groups (broad SMARTS) is 1. The minimum absolute atomic E-state index is 0.0430. The van der Waals surface area contributed by atoms with Crippen LogP contribution in [0.3, 0.4) is 0 Å². The maximum atomic E-state index is 12.1. The van der Waals surface area contributed by atoms with Gasteiger partial charge in [-0.15, -0.1) is 0 Å². The zero-order valence-corrected chi connectivity index (χ0v) is 14.0. The van der Waals surface area contributed by atoms with Crippen LogP contribution in [0.4, 0.5) is 0 Å². The second-order valence-corrected chi connectivity index (χ2v) is 5.37. The quantitative estimate of drug-likeness (QED) is 0.706. The number of hydrogen-bond donors (Lipinski definition) is 2. The Morgan fingerprint density at radius 2 is 2.08 bits per heavy atom. The highest BCUT2D eigenvalue weighted by atomic mass is 16.5. The van der Waals surface area contributed by atoms with Crippen molar-refractivity contribution >= 4 is 11.9 Å². The summed E-state index contributed by atoms with van der Waals surface area (Å²) < 4.78 is 15.1. The summed E-state index contributed by atoms with van der Waals surface area (Å²) in [6.45, 7) is 0.157. The normalized spacial score (nSPS) is 11.8. The smallest absolute Gasteiger partial charge is 0.308 e. The molecule has 1 aromatic heterocycles. The van der Waals surface area contributed by atoms with Crippen molar-refractivity contribution in [2.75, 3.05) is 20.8 Å². The van der Waals surface area contributed by atoms with Crippen molar-refractivity contribution in [3.05, 3.63) is 47.3 Å². The number of ether oxygens (including phenoxy) is 2. The predicted molar refractivity (Wildman–Crippen MR) is 87.4 cm³/mol. The number of amides is 1. The Morgan fingerprint density at radius 3 is 2.76 bits per heavy atom. The molecule has 134 valence electrons. The van der Waals surface area contributed by atoms with Gasteiger partial charge in [-0.25, -0.2) is 0 Å². The molecule has 8 nitrogen and oxygen atoms in total. The van der Waals surface area contributed by atoms with Gasteiger partial charge in [0.25, 0.3) is 5.91 Å². The first-order valence-electron chi connectivity index (χ1n) is 7.62. The molecule has 1 amide bonds. The molecule has 0 aliphatic rings. The van der Waals surface area contributed by atoms with E-state index >= 15 is 0 Å². The highest BCUT2D eigenvalue weighted by Crippen LogP contribution is 2.21. The Kier molecular flexibility index (Phi) is 6.53. The number of aliphatic carboxylic acids is 1. The average Bonchev–Trinajstić information content (AvgIpc) is 3.07. The number of hydrogen-bond acceptors (Lipinski definition) is 6. The number of rotatable bonds is 9. The summed E-state index contributed by atoms with van der Waals surface area (Å²) in [5, 5.41) is 15.6. The maximum absolute atomic E-state index is 12.1. The van der Waals surface area contributed by atoms with Gasteiger partial charge in [0.15, 0.2) is 11.5 Å². The summed E-state index contributed by atoms with van der Waals surface area (Å²) in [4.78, 5) is 23.6. The number of para-hydroxylation sites is 1. The number of carbonyl (C=O) groups is 2. The van der Waals surface area contributed by atoms with E-state index in [-0.39, 0.29) is 25.3 Å². The molecule has 2 aromatic rings. The molecule has 0 bridgehead atoms. The Labute approximate surface area is 144 Å². The van der Waals surface area contributed by atoms with E-state index in [4.69, 9.17) is 14.0 Å². The number of methoxy groups -OCH3 is 2. The van der Waals surface area contributed by atoms with Crippen LogP contribution in [0.25, 0.3) is 0 Å². The van der Waals surface area contributed by atoms with Gasteiger partial charge >= 0.3 is 5.97 Å². The van der Waals surface area contributed by atoms with E-state index in [9.17, 15) is 14.7 Å². The highest BCUT2D eigenvalue weighted by Gasteiger charge is 2.22. The van der Waals surface area contributed by atoms with Gasteiger partial charge in [-0.1, -0.05) is 23.4 Å². The number of carbonyl (C=O) groups excluding carboxylic acids is 1. The maximum Gasteiger partial charge on any atom is 0.308 e. The third kappa shape index (κ3) is 5.05. The topological polar surface area (TPSA) is 111 Å². The molecule has 2 rings (SSSR count). The van der Waals surface area contributed by atoms with Crippen LogP contribution < -0.4 is 10.1 Å². The largest absolute Gasteiger partial charge is 0.496 e. The molecular formula is C17H20N2O6. The number of nitrogens with zero attached hydrogens (tertiary/aromatic N) is 1. The van der Waals surface area contributed by atoms with E-state index in [0.29, 0.717) is 11.5 Å². The monoisotopic (exact) mass is 348 g/mol. The molecule has 1 aromatic carbocycles. The second kappa shape index (κ2) is 8.84. The molecule has 1 atom stereocenters. The van der Waals surface area contributed by atoms with E-state index in [2.05, 4.69) is 10.5 Å². The van der Waals surface area contributed by atoms with Gasteiger partial charge < -0.3 is 24.4 Å². The molecule has 0 aliphatic heterocycles. The van der Waals surface area contributed by atoms with Gasteiger partial charge in [0.1, 0.15) is 12.4 Å². The molecule has 1 unspecified atom stereocenters. The second-order valence-electron chi connectivity index (χ2n) is 5.37. The number of nitrogens with one attached hydrogen (secondary N) is 1. The van der Waals surface area contributed by atoms with Gasteiger partial charge in [-0.2, -0.15) is 0 Å². The number of aromatic nitrogens is 1. The van der Waals surface area contributed by atoms with Gasteiger partial charge in [-0.3, -0.25) is 9.59 Å². The molecule has 0 radical (unpaired) electrons. The van der Waals surface area contributed by atoms with Crippen LogP contribution in [0.15, 0.2) is 34.9 Å². The van der Waals surface area contributed by atoms with E-state index in [1.807, 2.05) is 12.1 Å². The molecule has 2 N–H and O–H groups in total. The van der Waals surface area contributed by atoms with Gasteiger partial charge in [-0.05, 0) is 18.1 Å². The Bertz CT molecular complexity index is 727. The SMILES string of the molecule is COCc1cc(C(=O)NCC(Cc2ccccc2OC)C(=O)O)no1. The molecule has 0 spiro atoms. The summed E-state index contributed by atoms with van der Waals surface area (Å²) in [7, 11) is 3.02. The van der Waals surface area contributed by atoms with Crippen molar-refractivity contribution in [2.24, 2.45) is 5.92 Å². The minimum Gasteiger partial charge on any atom is -0.496 e. The van der Waals surface area contributed by atoms with Crippen LogP contribution in [-0.4, -0.2) is 42.9 Å². The lowest BCUT2D eigenvalue weighted by atomic mass is 9.98. The van der Waals surface area contributed by atoms with Crippen LogP contribution in [0.5, 0.6) is 5.75 Å². The Balaban J connectivity index is 1.99. The fourth-order valence-corrected chi connectivity index (χ4v) is 2.32. The average molecular weight is 348 g/mol. The van der Waals surface area contributed by atoms with Crippen LogP contribution in [0.2, 0.25) is 0 Å². The zero-order chi connectivity index (χ0) is 18.2. The van der Waals surface area contributed by atoms with Crippen molar-refractivity contribution in [3.63, 3.8) is 0 Å². The minimum atomic E-state index is -1.01. The summed E-state index contributed by atoms with van der Waals surface area (Å²) in [5.41, 5.74) is 0.837. The van der Waals surface area contributed by atoms with Gasteiger partial charge in [0.2, 0.25) is 0 Å². The van der Waals surface area contributed by atoms with Crippen molar-refractivity contribution < 1.29 is 28.7 Å². The van der Waals surface area contributed by atoms with E-state index < -0.39 is 17.8 Å². The van der Waals surface area contributed by atoms with Gasteiger partial charge in [0, 0.05) is 19.7 Å². The first-order chi connectivity index (χ1) is 12.0. The van der Waals surface area contributed by atoms with Crippen LogP contribution in [-0.2, 0) is 22.6 Å². The molecule has 0 fully saturated rings. The van der Waals surface area contributed by atoms with E-state index in [0.717, 1.165) is 5.56 Å². The molecule has 0 aliphatic carbocycles. The van der Waals surface area contributed by atoms with Crippen molar-refractivity contribution in [1.29, 1.82) is 0 Å². The number of benzene rings is 1. The first kappa shape index (κ1) is 18.5. The van der Waals surface area contributed by atoms with E-state index in [1.54, 1.807) is 12.1 Å². The van der Waals surface area contributed by atoms with Crippen LogP contribution >= 0.6 is 0 Å². The molecule has 8 heteroatoms. The summed E-state index contributed by atoms with van der Waals surface area (Å²) in [6.07, 6.45) is 0.230. The Hall–Kier alpha value is -2.87. The zero-order valence-electron chi connectivity index (χ0n) is 14.0. The van der Waals surface area contributed by atoms with Crippen molar-refractivity contribution in [1.82, 2.24) is 10.5 Å². The van der Waals surface area contributed by atoms with Crippen molar-refractivity contribution in [2.45, 2.75) is 13.0 Å². The lowest BCUT2D eigenvalue weighted by Gasteiger charge is -2.15. The van der Waals surface area contributed by atoms with Crippen LogP contribution in [0.1, 0.15) is 21.8 Å². The standard InChI is InChI=1S/C17H20N2O6/c1-23-10-13-8-14(19-25-13)16(20)18-9-12(17(21)22)7-11-5-3-4-6-15(11)24-2/h3-6,8,12H,7,9-10H2,1-2H3,(H,18,20)(H,21,22).